The number of rotatable bonds is 5. The van der Waals surface area contributed by atoms with Crippen LogP contribution in [0.3, 0.4) is 0 Å². The van der Waals surface area contributed by atoms with Gasteiger partial charge in [0, 0.05) is 36.3 Å². The normalized spacial score (nSPS) is 18.2. The molecule has 0 radical (unpaired) electrons. The van der Waals surface area contributed by atoms with E-state index in [1.54, 1.807) is 4.88 Å². The third-order valence-electron chi connectivity index (χ3n) is 4.44. The van der Waals surface area contributed by atoms with Crippen LogP contribution in [0.25, 0.3) is 0 Å². The zero-order chi connectivity index (χ0) is 14.2. The molecule has 0 unspecified atom stereocenters. The molecule has 2 aromatic heterocycles. The molecule has 5 heteroatoms. The van der Waals surface area contributed by atoms with E-state index in [0.717, 1.165) is 19.1 Å². The van der Waals surface area contributed by atoms with Gasteiger partial charge >= 0.3 is 0 Å². The Bertz CT molecular complexity index is 603. The van der Waals surface area contributed by atoms with Crippen molar-refractivity contribution in [3.8, 4) is 0 Å². The molecule has 1 fully saturated rings. The summed E-state index contributed by atoms with van der Waals surface area (Å²) in [5.41, 5.74) is 2.70. The van der Waals surface area contributed by atoms with Crippen molar-refractivity contribution < 1.29 is 0 Å². The minimum Gasteiger partial charge on any atom is -0.289 e. The summed E-state index contributed by atoms with van der Waals surface area (Å²) in [4.78, 5) is 9.04. The second-order valence-electron chi connectivity index (χ2n) is 6.34. The molecule has 21 heavy (non-hydrogen) atoms. The average molecular weight is 302 g/mol. The summed E-state index contributed by atoms with van der Waals surface area (Å²) < 4.78 is 1.89. The first-order valence-electron chi connectivity index (χ1n) is 7.97. The van der Waals surface area contributed by atoms with Crippen LogP contribution in [-0.4, -0.2) is 25.7 Å². The first kappa shape index (κ1) is 13.5. The van der Waals surface area contributed by atoms with Gasteiger partial charge in [-0.3, -0.25) is 9.58 Å². The van der Waals surface area contributed by atoms with Gasteiger partial charge in [-0.2, -0.15) is 5.10 Å². The smallest absolute Gasteiger partial charge is 0.107 e. The lowest BCUT2D eigenvalue weighted by Gasteiger charge is -2.19. The first-order chi connectivity index (χ1) is 10.3. The van der Waals surface area contributed by atoms with Gasteiger partial charge in [-0.1, -0.05) is 0 Å². The maximum Gasteiger partial charge on any atom is 0.107 e. The fraction of sp³-hybridized carbons (Fsp3) is 0.625. The van der Waals surface area contributed by atoms with Crippen molar-refractivity contribution in [1.82, 2.24) is 19.7 Å². The lowest BCUT2D eigenvalue weighted by atomic mass is 10.0. The molecule has 0 aromatic carbocycles. The van der Waals surface area contributed by atoms with Gasteiger partial charge in [-0.25, -0.2) is 4.98 Å². The summed E-state index contributed by atoms with van der Waals surface area (Å²) in [6, 6.07) is 0.756. The maximum absolute atomic E-state index is 4.90. The van der Waals surface area contributed by atoms with Crippen molar-refractivity contribution >= 4 is 11.3 Å². The van der Waals surface area contributed by atoms with E-state index in [4.69, 9.17) is 4.98 Å². The minimum atomic E-state index is 0.756. The Morgan fingerprint density at radius 2 is 2.14 bits per heavy atom. The van der Waals surface area contributed by atoms with Crippen LogP contribution in [0, 0.1) is 0 Å². The van der Waals surface area contributed by atoms with Gasteiger partial charge in [-0.15, -0.1) is 11.3 Å². The maximum atomic E-state index is 4.90. The number of aromatic nitrogens is 3. The number of hydrogen-bond acceptors (Lipinski definition) is 4. The van der Waals surface area contributed by atoms with Gasteiger partial charge in [0.2, 0.25) is 0 Å². The van der Waals surface area contributed by atoms with Gasteiger partial charge in [0.1, 0.15) is 5.01 Å². The average Bonchev–Trinajstić information content (AvgIpc) is 3.12. The molecule has 0 bridgehead atoms. The zero-order valence-corrected chi connectivity index (χ0v) is 13.4. The summed E-state index contributed by atoms with van der Waals surface area (Å²) >= 11 is 1.95. The van der Waals surface area contributed by atoms with Crippen LogP contribution < -0.4 is 0 Å². The number of thiazole rings is 1. The molecule has 2 aliphatic carbocycles. The van der Waals surface area contributed by atoms with Crippen molar-refractivity contribution in [2.75, 3.05) is 0 Å². The molecule has 4 nitrogen and oxygen atoms in total. The topological polar surface area (TPSA) is 34.0 Å². The van der Waals surface area contributed by atoms with Crippen LogP contribution >= 0.6 is 11.3 Å². The Morgan fingerprint density at radius 1 is 1.29 bits per heavy atom. The molecule has 2 aromatic rings. The Hall–Kier alpha value is -1.20. The number of hydrogen-bond donors (Lipinski definition) is 0. The molecule has 0 atom stereocenters. The van der Waals surface area contributed by atoms with E-state index in [2.05, 4.69) is 16.2 Å². The van der Waals surface area contributed by atoms with E-state index in [-0.39, 0.29) is 0 Å². The van der Waals surface area contributed by atoms with Crippen molar-refractivity contribution in [3.05, 3.63) is 33.5 Å². The number of nitrogens with zero attached hydrogens (tertiary/aromatic N) is 4. The lowest BCUT2D eigenvalue weighted by Crippen LogP contribution is -2.24. The molecule has 0 amide bonds. The van der Waals surface area contributed by atoms with Crippen molar-refractivity contribution in [2.24, 2.45) is 7.05 Å². The molecule has 1 saturated carbocycles. The summed E-state index contributed by atoms with van der Waals surface area (Å²) in [5, 5.41) is 5.60. The van der Waals surface area contributed by atoms with Crippen LogP contribution in [0.1, 0.15) is 46.8 Å². The molecule has 2 heterocycles. The molecule has 2 aliphatic rings. The predicted molar refractivity (Wildman–Crippen MR) is 84.2 cm³/mol. The Balaban J connectivity index is 1.48. The van der Waals surface area contributed by atoms with Crippen LogP contribution in [-0.2, 0) is 33.0 Å². The summed E-state index contributed by atoms with van der Waals surface area (Å²) in [6.45, 7) is 2.01. The van der Waals surface area contributed by atoms with E-state index < -0.39 is 0 Å². The minimum absolute atomic E-state index is 0.756. The van der Waals surface area contributed by atoms with Crippen LogP contribution in [0.2, 0.25) is 0 Å². The summed E-state index contributed by atoms with van der Waals surface area (Å²) in [5.74, 6) is 0. The van der Waals surface area contributed by atoms with E-state index in [0.29, 0.717) is 0 Å². The highest BCUT2D eigenvalue weighted by atomic mass is 32.1. The van der Waals surface area contributed by atoms with Gasteiger partial charge in [0.05, 0.1) is 18.4 Å². The SMILES string of the molecule is Cn1cc(CN(Cc2nc3c(s2)CCCC3)C2CC2)cn1. The van der Waals surface area contributed by atoms with Crippen molar-refractivity contribution in [2.45, 2.75) is 57.7 Å². The highest BCUT2D eigenvalue weighted by Crippen LogP contribution is 2.32. The highest BCUT2D eigenvalue weighted by molar-refractivity contribution is 7.11. The second-order valence-corrected chi connectivity index (χ2v) is 7.51. The third-order valence-corrected chi connectivity index (χ3v) is 5.58. The van der Waals surface area contributed by atoms with Crippen molar-refractivity contribution in [1.29, 1.82) is 0 Å². The molecule has 112 valence electrons. The standard InChI is InChI=1S/C16H22N4S/c1-19-9-12(8-17-19)10-20(13-6-7-13)11-16-18-14-4-2-3-5-15(14)21-16/h8-9,13H,2-7,10-11H2,1H3. The largest absolute Gasteiger partial charge is 0.289 e. The van der Waals surface area contributed by atoms with E-state index >= 15 is 0 Å². The highest BCUT2D eigenvalue weighted by Gasteiger charge is 2.30. The van der Waals surface area contributed by atoms with Crippen LogP contribution in [0.15, 0.2) is 12.4 Å². The molecule has 4 rings (SSSR count). The Morgan fingerprint density at radius 3 is 2.86 bits per heavy atom. The molecular formula is C16H22N4S. The van der Waals surface area contributed by atoms with Crippen LogP contribution in [0.4, 0.5) is 0 Å². The van der Waals surface area contributed by atoms with Gasteiger partial charge < -0.3 is 0 Å². The van der Waals surface area contributed by atoms with E-state index in [1.165, 1.54) is 54.8 Å². The number of fused-ring (bicyclic) bond motifs is 1. The monoisotopic (exact) mass is 302 g/mol. The zero-order valence-electron chi connectivity index (χ0n) is 12.6. The fourth-order valence-corrected chi connectivity index (χ4v) is 4.37. The van der Waals surface area contributed by atoms with E-state index in [1.807, 2.05) is 29.3 Å². The fourth-order valence-electron chi connectivity index (χ4n) is 3.19. The molecular weight excluding hydrogens is 280 g/mol. The predicted octanol–water partition coefficient (Wildman–Crippen LogP) is 2.92. The molecule has 0 spiro atoms. The van der Waals surface area contributed by atoms with Crippen LogP contribution in [0.5, 0.6) is 0 Å². The van der Waals surface area contributed by atoms with E-state index in [9.17, 15) is 0 Å². The van der Waals surface area contributed by atoms with Gasteiger partial charge in [0.15, 0.2) is 0 Å². The van der Waals surface area contributed by atoms with Gasteiger partial charge in [0.25, 0.3) is 0 Å². The lowest BCUT2D eigenvalue weighted by molar-refractivity contribution is 0.245. The van der Waals surface area contributed by atoms with Gasteiger partial charge in [-0.05, 0) is 38.5 Å². The molecule has 0 aliphatic heterocycles. The first-order valence-corrected chi connectivity index (χ1v) is 8.78. The third kappa shape index (κ3) is 3.04. The van der Waals surface area contributed by atoms with Crippen molar-refractivity contribution in [3.63, 3.8) is 0 Å². The molecule has 0 saturated heterocycles. The summed E-state index contributed by atoms with van der Waals surface area (Å²) in [6.07, 6.45) is 11.9. The summed E-state index contributed by atoms with van der Waals surface area (Å²) in [7, 11) is 1.99. The quantitative estimate of drug-likeness (QED) is 0.851. The Labute approximate surface area is 129 Å². The Kier molecular flexibility index (Phi) is 3.55. The second kappa shape index (κ2) is 5.54. The molecule has 0 N–H and O–H groups in total. The number of aryl methyl sites for hydroxylation is 3.